The Morgan fingerprint density at radius 1 is 0.929 bits per heavy atom. The molecule has 0 saturated carbocycles. The van der Waals surface area contributed by atoms with Crippen molar-refractivity contribution in [2.75, 3.05) is 18.8 Å². The average Bonchev–Trinajstić information content (AvgIpc) is 3.19. The largest absolute Gasteiger partial charge is 0.383 e. The topological polar surface area (TPSA) is 42.2 Å². The number of nitrogens with zero attached hydrogens (tertiary/aromatic N) is 2. The summed E-state index contributed by atoms with van der Waals surface area (Å²) in [4.78, 5) is 6.96. The van der Waals surface area contributed by atoms with Gasteiger partial charge in [0.1, 0.15) is 5.82 Å². The number of fused-ring (bicyclic) bond motifs is 1. The van der Waals surface area contributed by atoms with E-state index < -0.39 is 0 Å². The summed E-state index contributed by atoms with van der Waals surface area (Å²) in [6.07, 6.45) is 1.92. The minimum Gasteiger partial charge on any atom is -0.383 e. The van der Waals surface area contributed by atoms with Crippen molar-refractivity contribution in [3.63, 3.8) is 0 Å². The van der Waals surface area contributed by atoms with E-state index in [1.165, 1.54) is 21.4 Å². The summed E-state index contributed by atoms with van der Waals surface area (Å²) >= 11 is 1.74. The summed E-state index contributed by atoms with van der Waals surface area (Å²) in [6.45, 7) is 7.49. The number of rotatable bonds is 6. The molecule has 3 nitrogen and oxygen atoms in total. The number of pyridine rings is 1. The fraction of sp³-hybridized carbons (Fsp3) is 0.208. The molecule has 2 heterocycles. The van der Waals surface area contributed by atoms with Crippen LogP contribution in [0.1, 0.15) is 19.4 Å². The molecule has 142 valence electrons. The Bertz CT molecular complexity index is 1080. The van der Waals surface area contributed by atoms with Gasteiger partial charge in [0.2, 0.25) is 0 Å². The van der Waals surface area contributed by atoms with Crippen LogP contribution in [0.4, 0.5) is 5.82 Å². The molecule has 4 rings (SSSR count). The lowest BCUT2D eigenvalue weighted by molar-refractivity contribution is 0.296. The molecule has 2 aromatic heterocycles. The van der Waals surface area contributed by atoms with E-state index in [4.69, 9.17) is 5.73 Å². The highest BCUT2D eigenvalue weighted by Crippen LogP contribution is 2.41. The van der Waals surface area contributed by atoms with Crippen LogP contribution < -0.4 is 5.73 Å². The van der Waals surface area contributed by atoms with Crippen molar-refractivity contribution in [1.29, 1.82) is 0 Å². The average molecular weight is 388 g/mol. The molecule has 0 amide bonds. The molecule has 0 atom stereocenters. The van der Waals surface area contributed by atoms with E-state index in [2.05, 4.69) is 77.6 Å². The molecular formula is C24H25N3S. The van der Waals surface area contributed by atoms with E-state index in [1.807, 2.05) is 12.3 Å². The molecule has 2 aromatic carbocycles. The van der Waals surface area contributed by atoms with E-state index in [0.29, 0.717) is 5.82 Å². The first kappa shape index (κ1) is 18.7. The lowest BCUT2D eigenvalue weighted by Gasteiger charge is -2.18. The third-order valence-corrected chi connectivity index (χ3v) is 6.26. The molecule has 0 fully saturated rings. The Balaban J connectivity index is 1.80. The Labute approximate surface area is 170 Å². The van der Waals surface area contributed by atoms with Crippen molar-refractivity contribution >= 4 is 27.2 Å². The van der Waals surface area contributed by atoms with Gasteiger partial charge in [0.25, 0.3) is 0 Å². The van der Waals surface area contributed by atoms with E-state index in [1.54, 1.807) is 11.3 Å². The third kappa shape index (κ3) is 3.53. The van der Waals surface area contributed by atoms with Crippen LogP contribution in [0.25, 0.3) is 32.3 Å². The first-order valence-corrected chi connectivity index (χ1v) is 10.6. The van der Waals surface area contributed by atoms with Crippen molar-refractivity contribution in [3.05, 3.63) is 71.7 Å². The van der Waals surface area contributed by atoms with Gasteiger partial charge in [-0.15, -0.1) is 11.3 Å². The summed E-state index contributed by atoms with van der Waals surface area (Å²) in [7, 11) is 0. The van der Waals surface area contributed by atoms with Crippen LogP contribution in [0.5, 0.6) is 0 Å². The Morgan fingerprint density at radius 3 is 2.43 bits per heavy atom. The normalized spacial score (nSPS) is 11.4. The second kappa shape index (κ2) is 8.13. The molecule has 0 saturated heterocycles. The molecule has 4 aromatic rings. The third-order valence-electron chi connectivity index (χ3n) is 5.25. The van der Waals surface area contributed by atoms with Crippen molar-refractivity contribution in [2.45, 2.75) is 20.4 Å². The van der Waals surface area contributed by atoms with Crippen LogP contribution in [0.15, 0.2) is 66.2 Å². The maximum Gasteiger partial charge on any atom is 0.132 e. The molecule has 2 N–H and O–H groups in total. The number of aromatic nitrogens is 1. The second-order valence-corrected chi connectivity index (χ2v) is 7.82. The van der Waals surface area contributed by atoms with Gasteiger partial charge in [0, 0.05) is 34.0 Å². The SMILES string of the molecule is CCN(CC)Cc1cccc(-c2cnc(N)c3c(-c4ccccc4)csc23)c1. The Kier molecular flexibility index (Phi) is 5.42. The van der Waals surface area contributed by atoms with Gasteiger partial charge in [0.05, 0.1) is 0 Å². The monoisotopic (exact) mass is 387 g/mol. The smallest absolute Gasteiger partial charge is 0.132 e. The van der Waals surface area contributed by atoms with Crippen LogP contribution in [-0.4, -0.2) is 23.0 Å². The van der Waals surface area contributed by atoms with Gasteiger partial charge in [-0.3, -0.25) is 4.90 Å². The maximum absolute atomic E-state index is 6.31. The molecule has 0 unspecified atom stereocenters. The summed E-state index contributed by atoms with van der Waals surface area (Å²) in [6, 6.07) is 19.2. The first-order chi connectivity index (χ1) is 13.7. The van der Waals surface area contributed by atoms with Crippen LogP contribution in [0.2, 0.25) is 0 Å². The molecule has 0 aliphatic carbocycles. The maximum atomic E-state index is 6.31. The number of hydrogen-bond donors (Lipinski definition) is 1. The zero-order valence-corrected chi connectivity index (χ0v) is 17.2. The second-order valence-electron chi connectivity index (χ2n) is 6.94. The van der Waals surface area contributed by atoms with Gasteiger partial charge < -0.3 is 5.73 Å². The number of nitrogens with two attached hydrogens (primary N) is 1. The van der Waals surface area contributed by atoms with Gasteiger partial charge in [-0.2, -0.15) is 0 Å². The lowest BCUT2D eigenvalue weighted by atomic mass is 10.0. The first-order valence-electron chi connectivity index (χ1n) is 9.74. The van der Waals surface area contributed by atoms with E-state index in [-0.39, 0.29) is 0 Å². The number of hydrogen-bond acceptors (Lipinski definition) is 4. The van der Waals surface area contributed by atoms with Crippen molar-refractivity contribution < 1.29 is 0 Å². The molecule has 0 bridgehead atoms. The van der Waals surface area contributed by atoms with E-state index >= 15 is 0 Å². The molecule has 4 heteroatoms. The number of anilines is 1. The van der Waals surface area contributed by atoms with Gasteiger partial charge >= 0.3 is 0 Å². The van der Waals surface area contributed by atoms with Crippen molar-refractivity contribution in [3.8, 4) is 22.3 Å². The quantitative estimate of drug-likeness (QED) is 0.437. The van der Waals surface area contributed by atoms with Gasteiger partial charge in [-0.1, -0.05) is 62.4 Å². The molecule has 0 aliphatic heterocycles. The highest BCUT2D eigenvalue weighted by atomic mass is 32.1. The summed E-state index contributed by atoms with van der Waals surface area (Å²) in [5.74, 6) is 0.596. The molecular weight excluding hydrogens is 362 g/mol. The standard InChI is InChI=1S/C24H25N3S/c1-3-27(4-2)15-17-9-8-12-19(13-17)20-14-26-24(25)22-21(16-28-23(20)22)18-10-6-5-7-11-18/h5-14,16H,3-4,15H2,1-2H3,(H2,25,26). The zero-order valence-electron chi connectivity index (χ0n) is 16.4. The Morgan fingerprint density at radius 2 is 1.68 bits per heavy atom. The molecule has 0 aliphatic rings. The van der Waals surface area contributed by atoms with Crippen LogP contribution in [0.3, 0.4) is 0 Å². The van der Waals surface area contributed by atoms with Gasteiger partial charge in [-0.25, -0.2) is 4.98 Å². The highest BCUT2D eigenvalue weighted by molar-refractivity contribution is 7.18. The van der Waals surface area contributed by atoms with E-state index in [0.717, 1.165) is 36.1 Å². The number of thiophene rings is 1. The summed E-state index contributed by atoms with van der Waals surface area (Å²) in [5.41, 5.74) is 12.3. The fourth-order valence-corrected chi connectivity index (χ4v) is 4.77. The minimum absolute atomic E-state index is 0.596. The summed E-state index contributed by atoms with van der Waals surface area (Å²) < 4.78 is 1.20. The zero-order chi connectivity index (χ0) is 19.5. The fourth-order valence-electron chi connectivity index (χ4n) is 3.65. The predicted octanol–water partition coefficient (Wildman–Crippen LogP) is 6.05. The van der Waals surface area contributed by atoms with E-state index in [9.17, 15) is 0 Å². The highest BCUT2D eigenvalue weighted by Gasteiger charge is 2.15. The lowest BCUT2D eigenvalue weighted by Crippen LogP contribution is -2.22. The van der Waals surface area contributed by atoms with Crippen LogP contribution in [-0.2, 0) is 6.54 Å². The minimum atomic E-state index is 0.596. The number of benzene rings is 2. The van der Waals surface area contributed by atoms with Gasteiger partial charge in [0.15, 0.2) is 0 Å². The summed E-state index contributed by atoms with van der Waals surface area (Å²) in [5, 5.41) is 3.25. The molecule has 0 spiro atoms. The number of nitrogen functional groups attached to an aromatic ring is 1. The van der Waals surface area contributed by atoms with Crippen LogP contribution >= 0.6 is 11.3 Å². The van der Waals surface area contributed by atoms with Crippen molar-refractivity contribution in [2.24, 2.45) is 0 Å². The molecule has 28 heavy (non-hydrogen) atoms. The molecule has 0 radical (unpaired) electrons. The Hall–Kier alpha value is -2.69. The van der Waals surface area contributed by atoms with Gasteiger partial charge in [-0.05, 0) is 41.2 Å². The van der Waals surface area contributed by atoms with Crippen molar-refractivity contribution in [1.82, 2.24) is 9.88 Å². The van der Waals surface area contributed by atoms with Crippen LogP contribution in [0, 0.1) is 0 Å². The predicted molar refractivity (Wildman–Crippen MR) is 122 cm³/mol.